The fraction of sp³-hybridized carbons (Fsp3) is 0.273. The van der Waals surface area contributed by atoms with Crippen molar-refractivity contribution in [1.82, 2.24) is 4.90 Å². The minimum atomic E-state index is -0.259. The predicted octanol–water partition coefficient (Wildman–Crippen LogP) is 0.740. The number of benzene rings is 1. The molecule has 0 aliphatic carbocycles. The molecule has 1 aromatic carbocycles. The minimum Gasteiger partial charge on any atom is -0.326 e. The molecule has 76 valence electrons. The molecule has 2 aliphatic heterocycles. The molecular weight excluding hydrogens is 192 g/mol. The van der Waals surface area contributed by atoms with E-state index >= 15 is 0 Å². The Labute approximate surface area is 86.9 Å². The van der Waals surface area contributed by atoms with E-state index in [0.717, 1.165) is 11.3 Å². The number of amides is 2. The lowest BCUT2D eigenvalue weighted by atomic mass is 10.0. The van der Waals surface area contributed by atoms with E-state index in [-0.39, 0.29) is 17.9 Å². The number of nitrogens with one attached hydrogen (secondary N) is 1. The summed E-state index contributed by atoms with van der Waals surface area (Å²) in [6, 6.07) is 7.33. The normalized spacial score (nSPS) is 23.5. The Kier molecular flexibility index (Phi) is 1.59. The number of hydrogen-bond donors (Lipinski definition) is 1. The molecule has 1 fully saturated rings. The first-order valence-corrected chi connectivity index (χ1v) is 4.94. The first kappa shape index (κ1) is 8.47. The maximum Gasteiger partial charge on any atom is 0.247 e. The Balaban J connectivity index is 2.03. The summed E-state index contributed by atoms with van der Waals surface area (Å²) in [5.41, 5.74) is 1.83. The average Bonchev–Trinajstić information content (AvgIpc) is 2.34. The smallest absolute Gasteiger partial charge is 0.247 e. The molecule has 0 spiro atoms. The summed E-state index contributed by atoms with van der Waals surface area (Å²) >= 11 is 0. The summed E-state index contributed by atoms with van der Waals surface area (Å²) in [7, 11) is 0. The van der Waals surface area contributed by atoms with Crippen LogP contribution in [0.5, 0.6) is 0 Å². The van der Waals surface area contributed by atoms with Gasteiger partial charge in [-0.15, -0.1) is 0 Å². The molecule has 0 bridgehead atoms. The van der Waals surface area contributed by atoms with Gasteiger partial charge in [0.15, 0.2) is 0 Å². The van der Waals surface area contributed by atoms with Crippen LogP contribution in [0.25, 0.3) is 0 Å². The number of nitrogens with zero attached hydrogens (tertiary/aromatic N) is 1. The molecule has 2 amide bonds. The molecule has 2 heterocycles. The monoisotopic (exact) mass is 202 g/mol. The first-order chi connectivity index (χ1) is 7.25. The molecule has 4 heteroatoms. The molecule has 1 atom stereocenters. The Morgan fingerprint density at radius 1 is 1.27 bits per heavy atom. The number of para-hydroxylation sites is 1. The van der Waals surface area contributed by atoms with Gasteiger partial charge >= 0.3 is 0 Å². The highest BCUT2D eigenvalue weighted by atomic mass is 16.2. The van der Waals surface area contributed by atoms with Crippen LogP contribution in [-0.4, -0.2) is 22.8 Å². The van der Waals surface area contributed by atoms with Crippen molar-refractivity contribution in [1.29, 1.82) is 0 Å². The standard InChI is InChI=1S/C11H10N2O2/c14-10-5-9-11(15)12-8-4-2-1-3-7(8)6-13(9)10/h1-4,9H,5-6H2,(H,12,15)/t9-/m0/s1. The fourth-order valence-electron chi connectivity index (χ4n) is 2.07. The Bertz CT molecular complexity index is 456. The van der Waals surface area contributed by atoms with E-state index in [1.807, 2.05) is 24.3 Å². The van der Waals surface area contributed by atoms with E-state index in [9.17, 15) is 9.59 Å². The third-order valence-corrected chi connectivity index (χ3v) is 2.98. The number of rotatable bonds is 0. The van der Waals surface area contributed by atoms with Crippen LogP contribution in [0.2, 0.25) is 0 Å². The van der Waals surface area contributed by atoms with Crippen LogP contribution >= 0.6 is 0 Å². The van der Waals surface area contributed by atoms with Gasteiger partial charge in [-0.05, 0) is 11.6 Å². The topological polar surface area (TPSA) is 49.4 Å². The molecule has 0 aromatic heterocycles. The van der Waals surface area contributed by atoms with E-state index in [1.54, 1.807) is 4.90 Å². The van der Waals surface area contributed by atoms with Crippen LogP contribution in [0.15, 0.2) is 24.3 Å². The van der Waals surface area contributed by atoms with Crippen molar-refractivity contribution >= 4 is 17.5 Å². The summed E-state index contributed by atoms with van der Waals surface area (Å²) in [5.74, 6) is -0.00796. The number of β-lactam (4-membered cyclic amide) rings is 1. The number of carbonyl (C=O) groups excluding carboxylic acids is 2. The summed E-state index contributed by atoms with van der Waals surface area (Å²) in [5, 5.41) is 2.84. The number of carbonyl (C=O) groups is 2. The first-order valence-electron chi connectivity index (χ1n) is 4.94. The Hall–Kier alpha value is -1.84. The van der Waals surface area contributed by atoms with Crippen molar-refractivity contribution in [3.05, 3.63) is 29.8 Å². The molecule has 4 nitrogen and oxygen atoms in total. The van der Waals surface area contributed by atoms with E-state index in [0.29, 0.717) is 13.0 Å². The quantitative estimate of drug-likeness (QED) is 0.631. The highest BCUT2D eigenvalue weighted by Gasteiger charge is 2.42. The molecule has 1 saturated heterocycles. The van der Waals surface area contributed by atoms with Crippen molar-refractivity contribution in [2.24, 2.45) is 0 Å². The largest absolute Gasteiger partial charge is 0.326 e. The zero-order chi connectivity index (χ0) is 10.4. The van der Waals surface area contributed by atoms with E-state index in [4.69, 9.17) is 0 Å². The Morgan fingerprint density at radius 3 is 2.87 bits per heavy atom. The maximum atomic E-state index is 11.7. The molecule has 2 aliphatic rings. The fourth-order valence-corrected chi connectivity index (χ4v) is 2.07. The highest BCUT2D eigenvalue weighted by Crippen LogP contribution is 2.29. The van der Waals surface area contributed by atoms with Crippen LogP contribution < -0.4 is 5.32 Å². The van der Waals surface area contributed by atoms with Gasteiger partial charge in [0.05, 0.1) is 6.42 Å². The van der Waals surface area contributed by atoms with Crippen LogP contribution in [0.4, 0.5) is 5.69 Å². The van der Waals surface area contributed by atoms with Gasteiger partial charge in [-0.3, -0.25) is 9.59 Å². The van der Waals surface area contributed by atoms with Gasteiger partial charge in [0.1, 0.15) is 6.04 Å². The van der Waals surface area contributed by atoms with Gasteiger partial charge in [-0.2, -0.15) is 0 Å². The maximum absolute atomic E-state index is 11.7. The lowest BCUT2D eigenvalue weighted by Crippen LogP contribution is -2.56. The van der Waals surface area contributed by atoms with Gasteiger partial charge in [0.2, 0.25) is 11.8 Å². The minimum absolute atomic E-state index is 0.0619. The second-order valence-corrected chi connectivity index (χ2v) is 3.89. The lowest BCUT2D eigenvalue weighted by Gasteiger charge is -2.37. The van der Waals surface area contributed by atoms with Gasteiger partial charge in [-0.1, -0.05) is 18.2 Å². The van der Waals surface area contributed by atoms with Crippen LogP contribution in [0.3, 0.4) is 0 Å². The van der Waals surface area contributed by atoms with Crippen LogP contribution in [-0.2, 0) is 16.1 Å². The van der Waals surface area contributed by atoms with Gasteiger partial charge in [-0.25, -0.2) is 0 Å². The number of fused-ring (bicyclic) bond motifs is 2. The number of hydrogen-bond acceptors (Lipinski definition) is 2. The highest BCUT2D eigenvalue weighted by molar-refractivity contribution is 6.04. The van der Waals surface area contributed by atoms with Crippen LogP contribution in [0, 0.1) is 0 Å². The van der Waals surface area contributed by atoms with Crippen LogP contribution in [0.1, 0.15) is 12.0 Å². The molecular formula is C11H10N2O2. The third-order valence-electron chi connectivity index (χ3n) is 2.98. The summed E-state index contributed by atoms with van der Waals surface area (Å²) in [6.07, 6.45) is 0.347. The van der Waals surface area contributed by atoms with Gasteiger partial charge in [0.25, 0.3) is 0 Å². The average molecular weight is 202 g/mol. The SMILES string of the molecule is O=C1Nc2ccccc2CN2C(=O)C[C@@H]12. The van der Waals surface area contributed by atoms with Gasteiger partial charge < -0.3 is 10.2 Å². The van der Waals surface area contributed by atoms with Crippen molar-refractivity contribution in [2.75, 3.05) is 5.32 Å². The third kappa shape index (κ3) is 1.14. The molecule has 0 saturated carbocycles. The van der Waals surface area contributed by atoms with E-state index < -0.39 is 0 Å². The second-order valence-electron chi connectivity index (χ2n) is 3.89. The zero-order valence-corrected chi connectivity index (χ0v) is 8.06. The predicted molar refractivity (Wildman–Crippen MR) is 54.0 cm³/mol. The Morgan fingerprint density at radius 2 is 2.07 bits per heavy atom. The molecule has 0 radical (unpaired) electrons. The summed E-state index contributed by atoms with van der Waals surface area (Å²) < 4.78 is 0. The lowest BCUT2D eigenvalue weighted by molar-refractivity contribution is -0.152. The van der Waals surface area contributed by atoms with Crippen molar-refractivity contribution in [2.45, 2.75) is 19.0 Å². The van der Waals surface area contributed by atoms with Crippen molar-refractivity contribution in [3.8, 4) is 0 Å². The van der Waals surface area contributed by atoms with Crippen molar-refractivity contribution in [3.63, 3.8) is 0 Å². The molecule has 15 heavy (non-hydrogen) atoms. The molecule has 1 aromatic rings. The summed E-state index contributed by atoms with van der Waals surface area (Å²) in [4.78, 5) is 24.6. The molecule has 0 unspecified atom stereocenters. The molecule has 3 rings (SSSR count). The number of anilines is 1. The van der Waals surface area contributed by atoms with E-state index in [2.05, 4.69) is 5.32 Å². The second kappa shape index (κ2) is 2.82. The molecule has 1 N–H and O–H groups in total. The zero-order valence-electron chi connectivity index (χ0n) is 8.06. The van der Waals surface area contributed by atoms with E-state index in [1.165, 1.54) is 0 Å². The van der Waals surface area contributed by atoms with Gasteiger partial charge in [0, 0.05) is 12.2 Å². The van der Waals surface area contributed by atoms with Crippen molar-refractivity contribution < 1.29 is 9.59 Å². The summed E-state index contributed by atoms with van der Waals surface area (Å²) in [6.45, 7) is 0.540.